The van der Waals surface area contributed by atoms with Crippen LogP contribution in [-0.2, 0) is 0 Å². The molecule has 0 radical (unpaired) electrons. The molecule has 0 aliphatic heterocycles. The Morgan fingerprint density at radius 3 is 2.86 bits per heavy atom. The quantitative estimate of drug-likeness (QED) is 0.336. The molecule has 6 heteroatoms. The van der Waals surface area contributed by atoms with E-state index in [4.69, 9.17) is 4.74 Å². The monoisotopic (exact) mass is 407 g/mol. The molecule has 0 atom stereocenters. The summed E-state index contributed by atoms with van der Waals surface area (Å²) in [7, 11) is 0. The Hall–Kier alpha value is -2.83. The fourth-order valence-corrected chi connectivity index (χ4v) is 4.13. The van der Waals surface area contributed by atoms with Crippen molar-refractivity contribution in [1.82, 2.24) is 10.3 Å². The van der Waals surface area contributed by atoms with Crippen molar-refractivity contribution < 1.29 is 4.74 Å². The van der Waals surface area contributed by atoms with Crippen LogP contribution in [0.5, 0.6) is 5.75 Å². The molecule has 2 aromatic heterocycles. The number of pyridine rings is 1. The zero-order valence-electron chi connectivity index (χ0n) is 16.2. The minimum absolute atomic E-state index is 0.0952. The number of aromatic amines is 1. The van der Waals surface area contributed by atoms with Gasteiger partial charge in [0.15, 0.2) is 0 Å². The van der Waals surface area contributed by atoms with E-state index in [-0.39, 0.29) is 5.56 Å². The lowest BCUT2D eigenvalue weighted by atomic mass is 10.2. The highest BCUT2D eigenvalue weighted by atomic mass is 32.1. The third kappa shape index (κ3) is 5.16. The molecule has 4 rings (SSSR count). The predicted octanol–water partition coefficient (Wildman–Crippen LogP) is 4.60. The van der Waals surface area contributed by atoms with Gasteiger partial charge < -0.3 is 20.4 Å². The first-order valence-corrected chi connectivity index (χ1v) is 10.8. The lowest BCUT2D eigenvalue weighted by Gasteiger charge is -2.10. The van der Waals surface area contributed by atoms with Gasteiger partial charge in [0.05, 0.1) is 12.1 Å². The molecular formula is C23H25N3O2S. The average Bonchev–Trinajstić information content (AvgIpc) is 3.22. The number of unbranched alkanes of at least 4 members (excludes halogenated alkanes) is 1. The number of rotatable bonds is 10. The summed E-state index contributed by atoms with van der Waals surface area (Å²) in [5.74, 6) is 0.791. The first-order valence-electron chi connectivity index (χ1n) is 9.96. The summed E-state index contributed by atoms with van der Waals surface area (Å²) in [6.07, 6.45) is 2.04. The van der Waals surface area contributed by atoms with Crippen LogP contribution in [0, 0.1) is 0 Å². The van der Waals surface area contributed by atoms with Crippen LogP contribution in [0.15, 0.2) is 64.8 Å². The Kier molecular flexibility index (Phi) is 6.44. The molecule has 2 heterocycles. The largest absolute Gasteiger partial charge is 0.494 e. The Morgan fingerprint density at radius 2 is 1.90 bits per heavy atom. The first-order chi connectivity index (χ1) is 14.3. The van der Waals surface area contributed by atoms with Gasteiger partial charge in [-0.15, -0.1) is 11.3 Å². The summed E-state index contributed by atoms with van der Waals surface area (Å²) in [6, 6.07) is 17.7. The lowest BCUT2D eigenvalue weighted by molar-refractivity contribution is 0.306. The summed E-state index contributed by atoms with van der Waals surface area (Å²) < 4.78 is 7.13. The van der Waals surface area contributed by atoms with Crippen molar-refractivity contribution in [3.05, 3.63) is 70.3 Å². The van der Waals surface area contributed by atoms with Crippen molar-refractivity contribution in [3.8, 4) is 5.75 Å². The van der Waals surface area contributed by atoms with E-state index in [1.807, 2.05) is 24.3 Å². The van der Waals surface area contributed by atoms with Crippen LogP contribution in [0.25, 0.3) is 21.0 Å². The van der Waals surface area contributed by atoms with Gasteiger partial charge in [-0.05, 0) is 66.6 Å². The van der Waals surface area contributed by atoms with Crippen molar-refractivity contribution >= 4 is 38.0 Å². The van der Waals surface area contributed by atoms with Gasteiger partial charge in [0.1, 0.15) is 5.75 Å². The highest BCUT2D eigenvalue weighted by Crippen LogP contribution is 2.27. The van der Waals surface area contributed by atoms with Gasteiger partial charge in [0.2, 0.25) is 5.56 Å². The molecule has 0 aliphatic rings. The average molecular weight is 408 g/mol. The molecule has 0 amide bonds. The second kappa shape index (κ2) is 9.58. The van der Waals surface area contributed by atoms with Crippen LogP contribution in [-0.4, -0.2) is 31.2 Å². The molecule has 0 fully saturated rings. The Bertz CT molecular complexity index is 1140. The summed E-state index contributed by atoms with van der Waals surface area (Å²) >= 11 is 1.77. The van der Waals surface area contributed by atoms with Gasteiger partial charge >= 0.3 is 0 Å². The lowest BCUT2D eigenvalue weighted by Crippen LogP contribution is -2.23. The topological polar surface area (TPSA) is 66.2 Å². The third-order valence-corrected chi connectivity index (χ3v) is 5.71. The minimum atomic E-state index is -0.0952. The van der Waals surface area contributed by atoms with E-state index >= 15 is 0 Å². The number of hydrogen-bond acceptors (Lipinski definition) is 5. The number of ether oxygens (including phenoxy) is 1. The molecule has 0 unspecified atom stereocenters. The van der Waals surface area contributed by atoms with E-state index in [0.717, 1.165) is 49.1 Å². The molecule has 4 aromatic rings. The number of benzene rings is 2. The summed E-state index contributed by atoms with van der Waals surface area (Å²) in [4.78, 5) is 14.3. The zero-order valence-corrected chi connectivity index (χ0v) is 17.1. The molecule has 0 saturated carbocycles. The molecule has 150 valence electrons. The number of nitrogens with one attached hydrogen (secondary N) is 3. The molecule has 0 spiro atoms. The standard InChI is InChI=1S/C23H25N3O2S/c27-23-9-7-17-6-8-18(16-21(17)26-23)28-14-2-1-11-24-12-13-25-20-4-3-5-22-19(20)10-15-29-22/h3-10,15-16,24-25H,1-2,11-14H2,(H,26,27). The molecule has 0 saturated heterocycles. The second-order valence-electron chi connectivity index (χ2n) is 6.94. The van der Waals surface area contributed by atoms with Gasteiger partial charge in [-0.3, -0.25) is 4.79 Å². The highest BCUT2D eigenvalue weighted by Gasteiger charge is 2.01. The van der Waals surface area contributed by atoms with Crippen molar-refractivity contribution in [1.29, 1.82) is 0 Å². The van der Waals surface area contributed by atoms with Crippen LogP contribution >= 0.6 is 11.3 Å². The number of fused-ring (bicyclic) bond motifs is 2. The van der Waals surface area contributed by atoms with Crippen LogP contribution in [0.2, 0.25) is 0 Å². The molecule has 29 heavy (non-hydrogen) atoms. The highest BCUT2D eigenvalue weighted by molar-refractivity contribution is 7.17. The van der Waals surface area contributed by atoms with Gasteiger partial charge in [-0.25, -0.2) is 0 Å². The minimum Gasteiger partial charge on any atom is -0.494 e. The van der Waals surface area contributed by atoms with Crippen molar-refractivity contribution in [3.63, 3.8) is 0 Å². The van der Waals surface area contributed by atoms with E-state index in [0.29, 0.717) is 6.61 Å². The predicted molar refractivity (Wildman–Crippen MR) is 122 cm³/mol. The fraction of sp³-hybridized carbons (Fsp3) is 0.261. The maximum atomic E-state index is 11.4. The number of anilines is 1. The Morgan fingerprint density at radius 1 is 0.966 bits per heavy atom. The molecule has 5 nitrogen and oxygen atoms in total. The van der Waals surface area contributed by atoms with E-state index in [1.54, 1.807) is 11.3 Å². The van der Waals surface area contributed by atoms with Crippen LogP contribution < -0.4 is 20.9 Å². The maximum Gasteiger partial charge on any atom is 0.248 e. The maximum absolute atomic E-state index is 11.4. The Balaban J connectivity index is 1.10. The zero-order chi connectivity index (χ0) is 19.9. The summed E-state index contributed by atoms with van der Waals surface area (Å²) in [5, 5.41) is 11.4. The van der Waals surface area contributed by atoms with Crippen LogP contribution in [0.3, 0.4) is 0 Å². The molecule has 2 aromatic carbocycles. The molecule has 3 N–H and O–H groups in total. The van der Waals surface area contributed by atoms with Crippen LogP contribution in [0.1, 0.15) is 12.8 Å². The molecular weight excluding hydrogens is 382 g/mol. The van der Waals surface area contributed by atoms with E-state index < -0.39 is 0 Å². The number of aromatic nitrogens is 1. The SMILES string of the molecule is O=c1ccc2ccc(OCCCCNCCNc3cccc4sccc34)cc2[nH]1. The first kappa shape index (κ1) is 19.5. The summed E-state index contributed by atoms with van der Waals surface area (Å²) in [6.45, 7) is 3.47. The number of H-pyrrole nitrogens is 1. The fourth-order valence-electron chi connectivity index (χ4n) is 3.32. The summed E-state index contributed by atoms with van der Waals surface area (Å²) in [5.41, 5.74) is 1.92. The van der Waals surface area contributed by atoms with Gasteiger partial charge in [0, 0.05) is 41.0 Å². The van der Waals surface area contributed by atoms with Crippen molar-refractivity contribution in [2.45, 2.75) is 12.8 Å². The molecule has 0 aliphatic carbocycles. The number of hydrogen-bond donors (Lipinski definition) is 3. The Labute approximate surface area is 173 Å². The van der Waals surface area contributed by atoms with Gasteiger partial charge in [-0.2, -0.15) is 0 Å². The molecule has 0 bridgehead atoms. The van der Waals surface area contributed by atoms with E-state index in [2.05, 4.69) is 45.3 Å². The van der Waals surface area contributed by atoms with E-state index in [9.17, 15) is 4.79 Å². The van der Waals surface area contributed by atoms with Gasteiger partial charge in [0.25, 0.3) is 0 Å². The normalized spacial score (nSPS) is 11.2. The smallest absolute Gasteiger partial charge is 0.248 e. The second-order valence-corrected chi connectivity index (χ2v) is 7.89. The van der Waals surface area contributed by atoms with Crippen LogP contribution in [0.4, 0.5) is 5.69 Å². The van der Waals surface area contributed by atoms with Gasteiger partial charge in [-0.1, -0.05) is 6.07 Å². The van der Waals surface area contributed by atoms with Crippen molar-refractivity contribution in [2.75, 3.05) is 31.6 Å². The number of thiophene rings is 1. The third-order valence-electron chi connectivity index (χ3n) is 4.83. The van der Waals surface area contributed by atoms with E-state index in [1.165, 1.54) is 21.8 Å². The van der Waals surface area contributed by atoms with Crippen molar-refractivity contribution in [2.24, 2.45) is 0 Å².